The summed E-state index contributed by atoms with van der Waals surface area (Å²) < 4.78 is 28.4. The van der Waals surface area contributed by atoms with Gasteiger partial charge in [0.15, 0.2) is 0 Å². The third kappa shape index (κ3) is 3.60. The van der Waals surface area contributed by atoms with Gasteiger partial charge in [0.2, 0.25) is 0 Å². The van der Waals surface area contributed by atoms with E-state index < -0.39 is 23.4 Å². The Morgan fingerprint density at radius 3 is 2.67 bits per heavy atom. The maximum Gasteiger partial charge on any atom is 0.281 e. The lowest BCUT2D eigenvalue weighted by atomic mass is 10.2. The van der Waals surface area contributed by atoms with Crippen LogP contribution in [0.2, 0.25) is 0 Å². The van der Waals surface area contributed by atoms with Crippen LogP contribution in [-0.2, 0) is 4.79 Å². The first-order chi connectivity index (χ1) is 14.3. The van der Waals surface area contributed by atoms with Crippen molar-refractivity contribution in [3.63, 3.8) is 0 Å². The number of hydrogen-bond donors (Lipinski definition) is 1. The van der Waals surface area contributed by atoms with Gasteiger partial charge in [0.1, 0.15) is 23.1 Å². The van der Waals surface area contributed by atoms with Gasteiger partial charge in [-0.05, 0) is 30.5 Å². The summed E-state index contributed by atoms with van der Waals surface area (Å²) in [6.07, 6.45) is 0. The molecule has 0 spiro atoms. The third-order valence-electron chi connectivity index (χ3n) is 4.25. The molecule has 0 atom stereocenters. The molecule has 1 aliphatic heterocycles. The van der Waals surface area contributed by atoms with E-state index in [1.807, 2.05) is 17.5 Å². The molecule has 30 heavy (non-hydrogen) atoms. The van der Waals surface area contributed by atoms with Crippen molar-refractivity contribution in [2.45, 2.75) is 6.92 Å². The van der Waals surface area contributed by atoms with Gasteiger partial charge in [-0.1, -0.05) is 12.6 Å². The van der Waals surface area contributed by atoms with Gasteiger partial charge in [-0.3, -0.25) is 9.59 Å². The molecule has 0 bridgehead atoms. The molecule has 0 radical (unpaired) electrons. The van der Waals surface area contributed by atoms with E-state index in [-0.39, 0.29) is 22.9 Å². The summed E-state index contributed by atoms with van der Waals surface area (Å²) in [5.41, 5.74) is 0.659. The largest absolute Gasteiger partial charge is 0.306 e. The molecule has 2 aromatic heterocycles. The number of carbonyl (C=O) groups is 2. The van der Waals surface area contributed by atoms with Crippen LogP contribution in [0.1, 0.15) is 17.3 Å². The van der Waals surface area contributed by atoms with Crippen molar-refractivity contribution in [2.24, 2.45) is 9.98 Å². The van der Waals surface area contributed by atoms with Gasteiger partial charge in [-0.15, -0.1) is 11.3 Å². The highest BCUT2D eigenvalue weighted by atomic mass is 32.1. The average molecular weight is 425 g/mol. The van der Waals surface area contributed by atoms with Gasteiger partial charge < -0.3 is 5.32 Å². The number of aromatic nitrogens is 2. The summed E-state index contributed by atoms with van der Waals surface area (Å²) in [5, 5.41) is 8.78. The molecule has 7 nitrogen and oxygen atoms in total. The number of nitrogens with zero attached hydrogens (tertiary/aromatic N) is 4. The lowest BCUT2D eigenvalue weighted by Crippen LogP contribution is -2.25. The van der Waals surface area contributed by atoms with Crippen molar-refractivity contribution in [1.29, 1.82) is 0 Å². The van der Waals surface area contributed by atoms with E-state index >= 15 is 0 Å². The maximum absolute atomic E-state index is 14.0. The van der Waals surface area contributed by atoms with Crippen LogP contribution in [0.5, 0.6) is 0 Å². The molecule has 0 saturated heterocycles. The Kier molecular flexibility index (Phi) is 4.92. The Bertz CT molecular complexity index is 1260. The summed E-state index contributed by atoms with van der Waals surface area (Å²) in [6, 6.07) is 7.84. The summed E-state index contributed by atoms with van der Waals surface area (Å²) in [7, 11) is 0. The normalized spacial score (nSPS) is 13.8. The first-order valence-corrected chi connectivity index (χ1v) is 9.50. The van der Waals surface area contributed by atoms with Gasteiger partial charge in [0.05, 0.1) is 21.7 Å². The predicted octanol–water partition coefficient (Wildman–Crippen LogP) is 3.90. The summed E-state index contributed by atoms with van der Waals surface area (Å²) >= 11 is 1.42. The summed E-state index contributed by atoms with van der Waals surface area (Å²) in [5.74, 6) is -3.15. The maximum atomic E-state index is 14.0. The first kappa shape index (κ1) is 19.5. The molecule has 10 heteroatoms. The molecule has 1 aromatic carbocycles. The van der Waals surface area contributed by atoms with Crippen molar-refractivity contribution in [2.75, 3.05) is 5.32 Å². The Morgan fingerprint density at radius 1 is 1.20 bits per heavy atom. The predicted molar refractivity (Wildman–Crippen MR) is 110 cm³/mol. The number of hydrogen-bond acceptors (Lipinski definition) is 5. The van der Waals surface area contributed by atoms with Gasteiger partial charge in [0, 0.05) is 12.1 Å². The van der Waals surface area contributed by atoms with E-state index in [0.29, 0.717) is 17.5 Å². The molecule has 150 valence electrons. The first-order valence-electron chi connectivity index (χ1n) is 8.62. The van der Waals surface area contributed by atoms with Crippen molar-refractivity contribution >= 4 is 40.6 Å². The molecular formula is C20H13F2N5O2S. The zero-order chi connectivity index (χ0) is 21.4. The Balaban J connectivity index is 1.77. The third-order valence-corrected chi connectivity index (χ3v) is 5.15. The second kappa shape index (κ2) is 7.56. The highest BCUT2D eigenvalue weighted by molar-refractivity contribution is 7.13. The molecule has 0 fully saturated rings. The average Bonchev–Trinajstić information content (AvgIpc) is 3.35. The van der Waals surface area contributed by atoms with Crippen molar-refractivity contribution in [3.05, 3.63) is 71.1 Å². The molecule has 3 aromatic rings. The van der Waals surface area contributed by atoms with Gasteiger partial charge in [-0.2, -0.15) is 14.8 Å². The van der Waals surface area contributed by atoms with Crippen LogP contribution in [0.25, 0.3) is 10.6 Å². The van der Waals surface area contributed by atoms with Crippen LogP contribution < -0.4 is 5.32 Å². The van der Waals surface area contributed by atoms with Crippen LogP contribution in [0.4, 0.5) is 14.6 Å². The van der Waals surface area contributed by atoms with Crippen LogP contribution in [0.15, 0.2) is 63.9 Å². The summed E-state index contributed by atoms with van der Waals surface area (Å²) in [4.78, 5) is 33.6. The number of halogens is 2. The minimum Gasteiger partial charge on any atom is -0.306 e. The SMILES string of the molecule is C=C1C(=O)N=C(n2nc(-c3cccs3)cc2NC(=O)c2ccc(F)cc2F)N=C1C. The highest BCUT2D eigenvalue weighted by Gasteiger charge is 2.23. The van der Waals surface area contributed by atoms with Crippen LogP contribution in [-0.4, -0.2) is 33.3 Å². The molecular weight excluding hydrogens is 412 g/mol. The van der Waals surface area contributed by atoms with Gasteiger partial charge >= 0.3 is 0 Å². The van der Waals surface area contributed by atoms with Crippen molar-refractivity contribution < 1.29 is 18.4 Å². The number of carbonyl (C=O) groups excluding carboxylic acids is 2. The van der Waals surface area contributed by atoms with Gasteiger partial charge in [0.25, 0.3) is 17.8 Å². The number of rotatable bonds is 3. The molecule has 3 heterocycles. The van der Waals surface area contributed by atoms with Crippen LogP contribution >= 0.6 is 11.3 Å². The number of nitrogens with one attached hydrogen (secondary N) is 1. The van der Waals surface area contributed by atoms with E-state index in [1.165, 1.54) is 16.0 Å². The number of anilines is 1. The fraction of sp³-hybridized carbons (Fsp3) is 0.0500. The quantitative estimate of drug-likeness (QED) is 0.646. The van der Waals surface area contributed by atoms with Crippen LogP contribution in [0, 0.1) is 11.6 Å². The van der Waals surface area contributed by atoms with Gasteiger partial charge in [-0.25, -0.2) is 13.8 Å². The zero-order valence-corrected chi connectivity index (χ0v) is 16.3. The number of amides is 2. The number of thiophene rings is 1. The van der Waals surface area contributed by atoms with E-state index in [1.54, 1.807) is 13.0 Å². The fourth-order valence-corrected chi connectivity index (χ4v) is 3.36. The fourth-order valence-electron chi connectivity index (χ4n) is 2.67. The minimum atomic E-state index is -1.01. The number of benzene rings is 1. The van der Waals surface area contributed by atoms with Crippen molar-refractivity contribution in [1.82, 2.24) is 9.78 Å². The second-order valence-corrected chi connectivity index (χ2v) is 7.22. The molecule has 1 N–H and O–H groups in total. The molecule has 4 rings (SSSR count). The lowest BCUT2D eigenvalue weighted by Gasteiger charge is -2.13. The van der Waals surface area contributed by atoms with E-state index in [4.69, 9.17) is 0 Å². The van der Waals surface area contributed by atoms with Crippen molar-refractivity contribution in [3.8, 4) is 10.6 Å². The van der Waals surface area contributed by atoms with E-state index in [9.17, 15) is 18.4 Å². The Labute approximate surface area is 173 Å². The van der Waals surface area contributed by atoms with E-state index in [2.05, 4.69) is 27.0 Å². The highest BCUT2D eigenvalue weighted by Crippen LogP contribution is 2.27. The topological polar surface area (TPSA) is 88.7 Å². The van der Waals surface area contributed by atoms with Crippen LogP contribution in [0.3, 0.4) is 0 Å². The zero-order valence-electron chi connectivity index (χ0n) is 15.5. The monoisotopic (exact) mass is 425 g/mol. The molecule has 0 saturated carbocycles. The second-order valence-electron chi connectivity index (χ2n) is 6.27. The van der Waals surface area contributed by atoms with E-state index in [0.717, 1.165) is 17.0 Å². The summed E-state index contributed by atoms with van der Waals surface area (Å²) in [6.45, 7) is 5.22. The molecule has 0 unspecified atom stereocenters. The lowest BCUT2D eigenvalue weighted by molar-refractivity contribution is -0.113. The molecule has 1 aliphatic rings. The number of aliphatic imine (C=N–C) groups is 2. The Hall–Kier alpha value is -3.79. The standard InChI is InChI=1S/C20H13F2N5O2S/c1-10-11(2)23-20(25-18(10)28)27-17(9-15(26-27)16-4-3-7-30-16)24-19(29)13-6-5-12(21)8-14(13)22/h3-9H,1H2,2H3,(H,24,29). The Morgan fingerprint density at radius 2 is 2.00 bits per heavy atom. The molecule has 2 amide bonds. The minimum absolute atomic E-state index is 0.0671. The smallest absolute Gasteiger partial charge is 0.281 e. The molecule has 0 aliphatic carbocycles.